The maximum absolute atomic E-state index is 12.1. The first-order chi connectivity index (χ1) is 13.6. The maximum Gasteiger partial charge on any atom is 0.240 e. The molecule has 0 unspecified atom stereocenters. The van der Waals surface area contributed by atoms with Crippen molar-refractivity contribution in [2.45, 2.75) is 46.0 Å². The van der Waals surface area contributed by atoms with E-state index in [-0.39, 0.29) is 5.91 Å². The summed E-state index contributed by atoms with van der Waals surface area (Å²) >= 11 is 0. The molecule has 152 valence electrons. The molecular weight excluding hydrogens is 356 g/mol. The average molecular weight is 387 g/mol. The van der Waals surface area contributed by atoms with Crippen molar-refractivity contribution in [3.63, 3.8) is 0 Å². The first-order valence-corrected chi connectivity index (χ1v) is 10.2. The zero-order chi connectivity index (χ0) is 19.8. The number of carbonyl (C=O) groups excluding carboxylic acids is 1. The summed E-state index contributed by atoms with van der Waals surface area (Å²) < 4.78 is 5.19. The monoisotopic (exact) mass is 386 g/mol. The highest BCUT2D eigenvalue weighted by Crippen LogP contribution is 2.17. The molecule has 8 nitrogen and oxygen atoms in total. The first kappa shape index (κ1) is 20.4. The Labute approximate surface area is 166 Å². The quantitative estimate of drug-likeness (QED) is 0.706. The Bertz CT molecular complexity index is 725. The van der Waals surface area contributed by atoms with Crippen molar-refractivity contribution < 1.29 is 9.32 Å². The molecule has 3 rings (SSSR count). The topological polar surface area (TPSA) is 97.0 Å². The van der Waals surface area contributed by atoms with Gasteiger partial charge >= 0.3 is 0 Å². The molecule has 1 aliphatic heterocycles. The lowest BCUT2D eigenvalue weighted by atomic mass is 9.96. The zero-order valence-corrected chi connectivity index (χ0v) is 16.8. The smallest absolute Gasteiger partial charge is 0.240 e. The van der Waals surface area contributed by atoms with Gasteiger partial charge in [0.05, 0.1) is 0 Å². The highest BCUT2D eigenvalue weighted by Gasteiger charge is 2.20. The van der Waals surface area contributed by atoms with Gasteiger partial charge in [-0.3, -0.25) is 4.79 Å². The molecule has 0 atom stereocenters. The van der Waals surface area contributed by atoms with Gasteiger partial charge in [-0.05, 0) is 56.8 Å². The van der Waals surface area contributed by atoms with Gasteiger partial charge in [-0.2, -0.15) is 4.98 Å². The Morgan fingerprint density at radius 2 is 2.00 bits per heavy atom. The maximum atomic E-state index is 12.1. The predicted octanol–water partition coefficient (Wildman–Crippen LogP) is 2.33. The number of nitrogens with zero attached hydrogens (tertiary/aromatic N) is 5. The summed E-state index contributed by atoms with van der Waals surface area (Å²) in [7, 11) is 0. The highest BCUT2D eigenvalue weighted by atomic mass is 16.5. The van der Waals surface area contributed by atoms with Crippen LogP contribution >= 0.6 is 0 Å². The van der Waals surface area contributed by atoms with E-state index < -0.39 is 0 Å². The van der Waals surface area contributed by atoms with Crippen LogP contribution in [0, 0.1) is 11.8 Å². The van der Waals surface area contributed by atoms with Crippen molar-refractivity contribution in [2.24, 2.45) is 11.8 Å². The van der Waals surface area contributed by atoms with Gasteiger partial charge in [-0.15, -0.1) is 0 Å². The number of rotatable bonds is 9. The van der Waals surface area contributed by atoms with Crippen LogP contribution in [0.25, 0.3) is 11.6 Å². The number of aryl methyl sites for hydroxylation is 1. The van der Waals surface area contributed by atoms with Crippen LogP contribution in [0.5, 0.6) is 0 Å². The minimum absolute atomic E-state index is 0.0259. The summed E-state index contributed by atoms with van der Waals surface area (Å²) in [6.45, 7) is 8.76. The third kappa shape index (κ3) is 6.37. The van der Waals surface area contributed by atoms with Crippen LogP contribution in [-0.2, 0) is 11.2 Å². The number of amides is 1. The lowest BCUT2D eigenvalue weighted by Gasteiger charge is -2.32. The van der Waals surface area contributed by atoms with Crippen LogP contribution in [0.4, 0.5) is 0 Å². The second-order valence-corrected chi connectivity index (χ2v) is 7.86. The van der Waals surface area contributed by atoms with Crippen LogP contribution in [-0.4, -0.2) is 57.1 Å². The fourth-order valence-electron chi connectivity index (χ4n) is 3.28. The number of likely N-dealkylation sites (tertiary alicyclic amines) is 1. The SMILES string of the molecule is CC(C)CCN1CCC(CNC(=O)CCc2nc(-c3ncccn3)no2)CC1. The van der Waals surface area contributed by atoms with E-state index in [1.807, 2.05) is 0 Å². The number of aromatic nitrogens is 4. The molecule has 8 heteroatoms. The molecule has 1 fully saturated rings. The number of piperidine rings is 1. The van der Waals surface area contributed by atoms with Gasteiger partial charge in [0.1, 0.15) is 0 Å². The van der Waals surface area contributed by atoms with Gasteiger partial charge < -0.3 is 14.7 Å². The Balaban J connectivity index is 1.33. The van der Waals surface area contributed by atoms with Crippen LogP contribution in [0.2, 0.25) is 0 Å². The molecule has 0 radical (unpaired) electrons. The number of hydrogen-bond donors (Lipinski definition) is 1. The molecule has 0 bridgehead atoms. The molecule has 0 saturated carbocycles. The summed E-state index contributed by atoms with van der Waals surface area (Å²) in [6.07, 6.45) is 7.57. The van der Waals surface area contributed by atoms with Gasteiger partial charge in [0.15, 0.2) is 0 Å². The molecule has 0 spiro atoms. The van der Waals surface area contributed by atoms with E-state index in [9.17, 15) is 4.79 Å². The van der Waals surface area contributed by atoms with Gasteiger partial charge in [0.2, 0.25) is 23.4 Å². The van der Waals surface area contributed by atoms with E-state index >= 15 is 0 Å². The number of carbonyl (C=O) groups is 1. The molecule has 0 aromatic carbocycles. The molecule has 1 saturated heterocycles. The van der Waals surface area contributed by atoms with Gasteiger partial charge in [-0.25, -0.2) is 9.97 Å². The van der Waals surface area contributed by atoms with Crippen molar-refractivity contribution in [1.82, 2.24) is 30.3 Å². The van der Waals surface area contributed by atoms with Gasteiger partial charge in [-0.1, -0.05) is 19.0 Å². The first-order valence-electron chi connectivity index (χ1n) is 10.2. The fraction of sp³-hybridized carbons (Fsp3) is 0.650. The lowest BCUT2D eigenvalue weighted by molar-refractivity contribution is -0.121. The Hall–Kier alpha value is -2.35. The van der Waals surface area contributed by atoms with E-state index in [1.54, 1.807) is 18.5 Å². The van der Waals surface area contributed by atoms with Crippen molar-refractivity contribution in [3.8, 4) is 11.6 Å². The van der Waals surface area contributed by atoms with E-state index in [0.717, 1.165) is 38.4 Å². The minimum Gasteiger partial charge on any atom is -0.356 e. The Morgan fingerprint density at radius 1 is 1.25 bits per heavy atom. The van der Waals surface area contributed by atoms with Crippen molar-refractivity contribution in [2.75, 3.05) is 26.2 Å². The Morgan fingerprint density at radius 3 is 2.71 bits per heavy atom. The zero-order valence-electron chi connectivity index (χ0n) is 16.8. The van der Waals surface area contributed by atoms with Gasteiger partial charge in [0, 0.05) is 31.8 Å². The summed E-state index contributed by atoms with van der Waals surface area (Å²) in [4.78, 5) is 27.1. The average Bonchev–Trinajstić information content (AvgIpc) is 3.20. The number of nitrogens with one attached hydrogen (secondary N) is 1. The molecule has 28 heavy (non-hydrogen) atoms. The van der Waals surface area contributed by atoms with Crippen molar-refractivity contribution in [1.29, 1.82) is 0 Å². The number of hydrogen-bond acceptors (Lipinski definition) is 7. The van der Waals surface area contributed by atoms with Crippen LogP contribution < -0.4 is 5.32 Å². The van der Waals surface area contributed by atoms with Crippen molar-refractivity contribution in [3.05, 3.63) is 24.4 Å². The fourth-order valence-corrected chi connectivity index (χ4v) is 3.28. The van der Waals surface area contributed by atoms with Crippen LogP contribution in [0.15, 0.2) is 23.0 Å². The summed E-state index contributed by atoms with van der Waals surface area (Å²) in [5.41, 5.74) is 0. The normalized spacial score (nSPS) is 15.8. The van der Waals surface area contributed by atoms with Crippen LogP contribution in [0.3, 0.4) is 0 Å². The summed E-state index contributed by atoms with van der Waals surface area (Å²) in [5, 5.41) is 6.92. The highest BCUT2D eigenvalue weighted by molar-refractivity contribution is 5.76. The van der Waals surface area contributed by atoms with E-state index in [1.165, 1.54) is 13.0 Å². The van der Waals surface area contributed by atoms with Gasteiger partial charge in [0.25, 0.3) is 0 Å². The van der Waals surface area contributed by atoms with E-state index in [4.69, 9.17) is 4.52 Å². The molecule has 0 aliphatic carbocycles. The third-order valence-electron chi connectivity index (χ3n) is 5.12. The third-order valence-corrected chi connectivity index (χ3v) is 5.12. The molecule has 1 N–H and O–H groups in total. The molecular formula is C20H30N6O2. The van der Waals surface area contributed by atoms with E-state index in [2.05, 4.69) is 44.2 Å². The Kier molecular flexibility index (Phi) is 7.47. The molecule has 2 aromatic rings. The molecule has 1 amide bonds. The summed E-state index contributed by atoms with van der Waals surface area (Å²) in [5.74, 6) is 2.55. The largest absolute Gasteiger partial charge is 0.356 e. The standard InChI is InChI=1S/C20H30N6O2/c1-15(2)6-11-26-12-7-16(8-13-26)14-23-17(27)4-5-18-24-20(25-28-18)19-21-9-3-10-22-19/h3,9-10,15-16H,4-8,11-14H2,1-2H3,(H,23,27). The molecule has 2 aromatic heterocycles. The van der Waals surface area contributed by atoms with Crippen LogP contribution in [0.1, 0.15) is 45.4 Å². The summed E-state index contributed by atoms with van der Waals surface area (Å²) in [6, 6.07) is 1.73. The molecule has 3 heterocycles. The second-order valence-electron chi connectivity index (χ2n) is 7.86. The van der Waals surface area contributed by atoms with E-state index in [0.29, 0.717) is 36.3 Å². The van der Waals surface area contributed by atoms with Crippen molar-refractivity contribution >= 4 is 5.91 Å². The minimum atomic E-state index is 0.0259. The lowest BCUT2D eigenvalue weighted by Crippen LogP contribution is -2.39. The predicted molar refractivity (Wildman–Crippen MR) is 105 cm³/mol. The second kappa shape index (κ2) is 10.3. The molecule has 1 aliphatic rings.